The minimum atomic E-state index is -0.623. The molecule has 0 aliphatic heterocycles. The number of nitrogens with one attached hydrogen (secondary N) is 1. The van der Waals surface area contributed by atoms with Gasteiger partial charge in [0.2, 0.25) is 5.91 Å². The number of ether oxygens (including phenoxy) is 1. The van der Waals surface area contributed by atoms with Crippen molar-refractivity contribution in [2.24, 2.45) is 0 Å². The summed E-state index contributed by atoms with van der Waals surface area (Å²) in [7, 11) is 0. The Kier molecular flexibility index (Phi) is 7.67. The Morgan fingerprint density at radius 2 is 1.73 bits per heavy atom. The van der Waals surface area contributed by atoms with Crippen LogP contribution in [0.15, 0.2) is 30.3 Å². The van der Waals surface area contributed by atoms with Crippen molar-refractivity contribution in [2.45, 2.75) is 20.3 Å². The first kappa shape index (κ1) is 17.7. The summed E-state index contributed by atoms with van der Waals surface area (Å²) in [6, 6.07) is 9.22. The van der Waals surface area contributed by atoms with E-state index < -0.39 is 5.97 Å². The number of hydrogen-bond acceptors (Lipinski definition) is 4. The predicted octanol–water partition coefficient (Wildman–Crippen LogP) is 0.757. The standard InChI is InChI=1S/C16H22N2O4/c1-3-18(4-2)15(20)12-22-16(21)11-17-14(19)10-13-8-6-5-7-9-13/h5-9H,3-4,10-12H2,1-2H3,(H,17,19). The van der Waals surface area contributed by atoms with E-state index in [1.165, 1.54) is 0 Å². The average molecular weight is 306 g/mol. The molecule has 0 atom stereocenters. The number of amides is 2. The molecule has 0 heterocycles. The first-order valence-corrected chi connectivity index (χ1v) is 7.30. The minimum absolute atomic E-state index is 0.201. The van der Waals surface area contributed by atoms with E-state index in [-0.39, 0.29) is 31.4 Å². The number of nitrogens with zero attached hydrogens (tertiary/aromatic N) is 1. The van der Waals surface area contributed by atoms with Gasteiger partial charge in [-0.15, -0.1) is 0 Å². The summed E-state index contributed by atoms with van der Waals surface area (Å²) in [5.41, 5.74) is 0.866. The van der Waals surface area contributed by atoms with Crippen LogP contribution in [0.3, 0.4) is 0 Å². The van der Waals surface area contributed by atoms with E-state index in [1.54, 1.807) is 4.90 Å². The summed E-state index contributed by atoms with van der Waals surface area (Å²) in [4.78, 5) is 36.4. The molecule has 0 aliphatic rings. The third-order valence-electron chi connectivity index (χ3n) is 3.11. The Bertz CT molecular complexity index is 498. The first-order chi connectivity index (χ1) is 10.6. The number of carbonyl (C=O) groups is 3. The van der Waals surface area contributed by atoms with Crippen LogP contribution in [0.1, 0.15) is 19.4 Å². The van der Waals surface area contributed by atoms with Crippen molar-refractivity contribution in [1.29, 1.82) is 0 Å². The van der Waals surface area contributed by atoms with Crippen molar-refractivity contribution in [3.8, 4) is 0 Å². The zero-order chi connectivity index (χ0) is 16.4. The first-order valence-electron chi connectivity index (χ1n) is 7.30. The average Bonchev–Trinajstić information content (AvgIpc) is 2.53. The normalized spacial score (nSPS) is 9.91. The highest BCUT2D eigenvalue weighted by Crippen LogP contribution is 1.99. The molecule has 0 aromatic heterocycles. The Balaban J connectivity index is 2.25. The molecule has 6 nitrogen and oxygen atoms in total. The molecule has 0 spiro atoms. The number of likely N-dealkylation sites (N-methyl/N-ethyl adjacent to an activating group) is 1. The third-order valence-corrected chi connectivity index (χ3v) is 3.11. The van der Waals surface area contributed by atoms with Gasteiger partial charge in [0.15, 0.2) is 6.61 Å². The molecule has 0 unspecified atom stereocenters. The quantitative estimate of drug-likeness (QED) is 0.719. The van der Waals surface area contributed by atoms with Gasteiger partial charge in [0, 0.05) is 13.1 Å². The summed E-state index contributed by atoms with van der Waals surface area (Å²) >= 11 is 0. The van der Waals surface area contributed by atoms with Crippen LogP contribution in [0.4, 0.5) is 0 Å². The van der Waals surface area contributed by atoms with Crippen LogP contribution in [0.5, 0.6) is 0 Å². The lowest BCUT2D eigenvalue weighted by molar-refractivity contribution is -0.151. The molecule has 2 amide bonds. The largest absolute Gasteiger partial charge is 0.454 e. The van der Waals surface area contributed by atoms with E-state index in [9.17, 15) is 14.4 Å². The molecule has 0 aliphatic carbocycles. The van der Waals surface area contributed by atoms with E-state index in [4.69, 9.17) is 4.74 Å². The maximum absolute atomic E-state index is 11.7. The van der Waals surface area contributed by atoms with Crippen molar-refractivity contribution >= 4 is 17.8 Å². The summed E-state index contributed by atoms with van der Waals surface area (Å²) in [6.45, 7) is 4.31. The highest BCUT2D eigenvalue weighted by molar-refractivity contribution is 5.85. The van der Waals surface area contributed by atoms with Crippen LogP contribution in [-0.4, -0.2) is 48.9 Å². The zero-order valence-corrected chi connectivity index (χ0v) is 13.0. The summed E-state index contributed by atoms with van der Waals surface area (Å²) in [5, 5.41) is 2.47. The van der Waals surface area contributed by atoms with Gasteiger partial charge in [-0.3, -0.25) is 14.4 Å². The van der Waals surface area contributed by atoms with Crippen molar-refractivity contribution in [1.82, 2.24) is 10.2 Å². The molecule has 0 fully saturated rings. The van der Waals surface area contributed by atoms with Gasteiger partial charge in [0.25, 0.3) is 5.91 Å². The molecule has 0 radical (unpaired) electrons. The fourth-order valence-corrected chi connectivity index (χ4v) is 1.88. The van der Waals surface area contributed by atoms with Gasteiger partial charge in [-0.1, -0.05) is 30.3 Å². The topological polar surface area (TPSA) is 75.7 Å². The molecule has 1 aromatic carbocycles. The fraction of sp³-hybridized carbons (Fsp3) is 0.438. The molecule has 120 valence electrons. The molecule has 1 rings (SSSR count). The Morgan fingerprint density at radius 3 is 2.32 bits per heavy atom. The van der Waals surface area contributed by atoms with Crippen LogP contribution in [0, 0.1) is 0 Å². The number of hydrogen-bond donors (Lipinski definition) is 1. The fourth-order valence-electron chi connectivity index (χ4n) is 1.88. The lowest BCUT2D eigenvalue weighted by atomic mass is 10.1. The molecule has 1 aromatic rings. The Morgan fingerprint density at radius 1 is 1.09 bits per heavy atom. The third kappa shape index (κ3) is 6.39. The lowest BCUT2D eigenvalue weighted by Gasteiger charge is -2.18. The van der Waals surface area contributed by atoms with Gasteiger partial charge in [0.1, 0.15) is 6.54 Å². The number of esters is 1. The minimum Gasteiger partial charge on any atom is -0.454 e. The van der Waals surface area contributed by atoms with Crippen LogP contribution in [0.25, 0.3) is 0 Å². The van der Waals surface area contributed by atoms with Gasteiger partial charge >= 0.3 is 5.97 Å². The second kappa shape index (κ2) is 9.55. The summed E-state index contributed by atoms with van der Waals surface area (Å²) in [6.07, 6.45) is 0.201. The second-order valence-corrected chi connectivity index (χ2v) is 4.67. The van der Waals surface area contributed by atoms with Crippen LogP contribution in [-0.2, 0) is 25.5 Å². The molecular weight excluding hydrogens is 284 g/mol. The van der Waals surface area contributed by atoms with Crippen molar-refractivity contribution in [3.05, 3.63) is 35.9 Å². The molecule has 0 saturated carbocycles. The van der Waals surface area contributed by atoms with Gasteiger partial charge in [-0.05, 0) is 19.4 Å². The van der Waals surface area contributed by atoms with E-state index >= 15 is 0 Å². The lowest BCUT2D eigenvalue weighted by Crippen LogP contribution is -2.36. The van der Waals surface area contributed by atoms with Crippen LogP contribution in [0.2, 0.25) is 0 Å². The summed E-state index contributed by atoms with van der Waals surface area (Å²) < 4.78 is 4.84. The van der Waals surface area contributed by atoms with Crippen molar-refractivity contribution in [3.63, 3.8) is 0 Å². The molecule has 0 saturated heterocycles. The van der Waals surface area contributed by atoms with E-state index in [1.807, 2.05) is 44.2 Å². The van der Waals surface area contributed by atoms with Gasteiger partial charge in [-0.2, -0.15) is 0 Å². The predicted molar refractivity (Wildman–Crippen MR) is 82.0 cm³/mol. The smallest absolute Gasteiger partial charge is 0.325 e. The Labute approximate surface area is 130 Å². The zero-order valence-electron chi connectivity index (χ0n) is 13.0. The van der Waals surface area contributed by atoms with E-state index in [2.05, 4.69) is 5.32 Å². The van der Waals surface area contributed by atoms with Crippen molar-refractivity contribution in [2.75, 3.05) is 26.2 Å². The highest BCUT2D eigenvalue weighted by Gasteiger charge is 2.13. The maximum Gasteiger partial charge on any atom is 0.325 e. The maximum atomic E-state index is 11.7. The second-order valence-electron chi connectivity index (χ2n) is 4.67. The summed E-state index contributed by atoms with van der Waals surface area (Å²) in [5.74, 6) is -1.13. The van der Waals surface area contributed by atoms with Gasteiger partial charge < -0.3 is 15.0 Å². The molecule has 1 N–H and O–H groups in total. The Hall–Kier alpha value is -2.37. The molecule has 6 heteroatoms. The number of rotatable bonds is 8. The molecule has 0 bridgehead atoms. The van der Waals surface area contributed by atoms with Crippen molar-refractivity contribution < 1.29 is 19.1 Å². The van der Waals surface area contributed by atoms with Crippen LogP contribution >= 0.6 is 0 Å². The van der Waals surface area contributed by atoms with E-state index in [0.717, 1.165) is 5.56 Å². The highest BCUT2D eigenvalue weighted by atomic mass is 16.5. The molecular formula is C16H22N2O4. The number of benzene rings is 1. The van der Waals surface area contributed by atoms with Gasteiger partial charge in [0.05, 0.1) is 6.42 Å². The van der Waals surface area contributed by atoms with Gasteiger partial charge in [-0.25, -0.2) is 0 Å². The van der Waals surface area contributed by atoms with Crippen LogP contribution < -0.4 is 5.32 Å². The SMILES string of the molecule is CCN(CC)C(=O)COC(=O)CNC(=O)Cc1ccccc1. The van der Waals surface area contributed by atoms with E-state index in [0.29, 0.717) is 13.1 Å². The number of carbonyl (C=O) groups excluding carboxylic acids is 3. The monoisotopic (exact) mass is 306 g/mol. The molecule has 22 heavy (non-hydrogen) atoms.